The first kappa shape index (κ1) is 16.4. The number of nitrogens with two attached hydrogens (primary N) is 1. The van der Waals surface area contributed by atoms with Crippen molar-refractivity contribution in [1.29, 1.82) is 0 Å². The summed E-state index contributed by atoms with van der Waals surface area (Å²) < 4.78 is 14.2. The van der Waals surface area contributed by atoms with Gasteiger partial charge in [0.2, 0.25) is 11.8 Å². The molecule has 1 saturated heterocycles. The van der Waals surface area contributed by atoms with Crippen LogP contribution in [0.5, 0.6) is 0 Å². The lowest BCUT2D eigenvalue weighted by molar-refractivity contribution is -0.136. The Labute approximate surface area is 132 Å². The lowest BCUT2D eigenvalue weighted by Gasteiger charge is -2.29. The summed E-state index contributed by atoms with van der Waals surface area (Å²) in [6.45, 7) is 0.0752. The molecule has 1 atom stereocenters. The van der Waals surface area contributed by atoms with Gasteiger partial charge in [-0.2, -0.15) is 0 Å². The van der Waals surface area contributed by atoms with Crippen molar-refractivity contribution in [2.24, 2.45) is 5.73 Å². The molecule has 3 rings (SSSR count). The van der Waals surface area contributed by atoms with Crippen LogP contribution in [0, 0.1) is 5.82 Å². The predicted octanol–water partition coefficient (Wildman–Crippen LogP) is 0.467. The molecule has 6 nitrogen and oxygen atoms in total. The van der Waals surface area contributed by atoms with Gasteiger partial charge in [0.05, 0.1) is 6.54 Å². The van der Waals surface area contributed by atoms with E-state index >= 15 is 0 Å². The van der Waals surface area contributed by atoms with E-state index in [0.29, 0.717) is 5.56 Å². The van der Waals surface area contributed by atoms with Crippen molar-refractivity contribution in [3.63, 3.8) is 0 Å². The highest BCUT2D eigenvalue weighted by Gasteiger charge is 2.40. The van der Waals surface area contributed by atoms with Gasteiger partial charge < -0.3 is 10.6 Å². The van der Waals surface area contributed by atoms with Crippen LogP contribution in [0.15, 0.2) is 12.1 Å². The number of hydrogen-bond acceptors (Lipinski definition) is 4. The SMILES string of the molecule is Cl.NCc1ccc2c(c1F)CN(C1CCC(=O)NC1=O)C2=O. The van der Waals surface area contributed by atoms with E-state index in [1.807, 2.05) is 0 Å². The maximum absolute atomic E-state index is 14.2. The first-order valence-corrected chi connectivity index (χ1v) is 6.68. The summed E-state index contributed by atoms with van der Waals surface area (Å²) in [5, 5.41) is 2.21. The van der Waals surface area contributed by atoms with E-state index in [4.69, 9.17) is 5.73 Å². The Morgan fingerprint density at radius 3 is 2.68 bits per heavy atom. The number of amides is 3. The van der Waals surface area contributed by atoms with Gasteiger partial charge in [-0.3, -0.25) is 19.7 Å². The molecule has 8 heteroatoms. The smallest absolute Gasteiger partial charge is 0.255 e. The van der Waals surface area contributed by atoms with Gasteiger partial charge in [0.25, 0.3) is 5.91 Å². The molecule has 2 heterocycles. The van der Waals surface area contributed by atoms with Gasteiger partial charge in [0.1, 0.15) is 11.9 Å². The molecule has 3 N–H and O–H groups in total. The third-order valence-corrected chi connectivity index (χ3v) is 3.95. The number of rotatable bonds is 2. The van der Waals surface area contributed by atoms with Crippen LogP contribution in [0.1, 0.15) is 34.3 Å². The number of halogens is 2. The minimum Gasteiger partial charge on any atom is -0.326 e. The van der Waals surface area contributed by atoms with Gasteiger partial charge in [-0.15, -0.1) is 12.4 Å². The molecule has 0 saturated carbocycles. The molecule has 0 aromatic heterocycles. The fourth-order valence-corrected chi connectivity index (χ4v) is 2.81. The number of nitrogens with one attached hydrogen (secondary N) is 1. The van der Waals surface area contributed by atoms with Gasteiger partial charge in [-0.05, 0) is 12.5 Å². The Morgan fingerprint density at radius 2 is 2.05 bits per heavy atom. The van der Waals surface area contributed by atoms with Crippen LogP contribution in [0.25, 0.3) is 0 Å². The molecule has 118 valence electrons. The summed E-state index contributed by atoms with van der Waals surface area (Å²) in [5.74, 6) is -1.73. The van der Waals surface area contributed by atoms with E-state index in [9.17, 15) is 18.8 Å². The third kappa shape index (κ3) is 2.46. The van der Waals surface area contributed by atoms with Crippen molar-refractivity contribution in [2.75, 3.05) is 0 Å². The first-order valence-electron chi connectivity index (χ1n) is 6.68. The molecule has 1 aromatic rings. The number of piperidine rings is 1. The molecule has 2 aliphatic heterocycles. The van der Waals surface area contributed by atoms with Gasteiger partial charge in [-0.25, -0.2) is 4.39 Å². The Balaban J connectivity index is 0.00000176. The molecule has 2 aliphatic rings. The van der Waals surface area contributed by atoms with Crippen LogP contribution in [-0.4, -0.2) is 28.7 Å². The van der Waals surface area contributed by atoms with E-state index in [1.165, 1.54) is 17.0 Å². The van der Waals surface area contributed by atoms with E-state index in [1.54, 1.807) is 0 Å². The lowest BCUT2D eigenvalue weighted by Crippen LogP contribution is -2.52. The standard InChI is InChI=1S/C14H14FN3O3.ClH/c15-12-7(5-16)1-2-8-9(12)6-18(14(8)21)10-3-4-11(19)17-13(10)20;/h1-2,10H,3-6,16H2,(H,17,19,20);1H. The minimum atomic E-state index is -0.733. The molecule has 0 aliphatic carbocycles. The Morgan fingerprint density at radius 1 is 1.32 bits per heavy atom. The summed E-state index contributed by atoms with van der Waals surface area (Å²) >= 11 is 0. The van der Waals surface area contributed by atoms with Gasteiger partial charge in [0.15, 0.2) is 0 Å². The maximum atomic E-state index is 14.2. The van der Waals surface area contributed by atoms with Crippen LogP contribution >= 0.6 is 12.4 Å². The largest absolute Gasteiger partial charge is 0.326 e. The number of hydrogen-bond donors (Lipinski definition) is 2. The van der Waals surface area contributed by atoms with Crippen LogP contribution in [0.4, 0.5) is 4.39 Å². The van der Waals surface area contributed by atoms with E-state index in [0.717, 1.165) is 0 Å². The number of nitrogens with zero attached hydrogens (tertiary/aromatic N) is 1. The molecule has 3 amide bonds. The zero-order valence-electron chi connectivity index (χ0n) is 11.6. The zero-order chi connectivity index (χ0) is 15.1. The summed E-state index contributed by atoms with van der Waals surface area (Å²) in [6, 6.07) is 2.29. The van der Waals surface area contributed by atoms with Crippen LogP contribution in [0.2, 0.25) is 0 Å². The molecule has 1 unspecified atom stereocenters. The van der Waals surface area contributed by atoms with Crippen LogP contribution < -0.4 is 11.1 Å². The fraction of sp³-hybridized carbons (Fsp3) is 0.357. The number of imide groups is 1. The lowest BCUT2D eigenvalue weighted by atomic mass is 10.0. The predicted molar refractivity (Wildman–Crippen MR) is 77.6 cm³/mol. The fourth-order valence-electron chi connectivity index (χ4n) is 2.81. The first-order chi connectivity index (χ1) is 10.0. The molecule has 0 bridgehead atoms. The second kappa shape index (κ2) is 6.02. The van der Waals surface area contributed by atoms with Gasteiger partial charge >= 0.3 is 0 Å². The Hall–Kier alpha value is -1.99. The summed E-state index contributed by atoms with van der Waals surface area (Å²) in [4.78, 5) is 36.7. The van der Waals surface area contributed by atoms with Crippen molar-refractivity contribution < 1.29 is 18.8 Å². The number of fused-ring (bicyclic) bond motifs is 1. The molecule has 0 radical (unpaired) electrons. The molecule has 1 aromatic carbocycles. The number of carbonyl (C=O) groups excluding carboxylic acids is 3. The molecular formula is C14H15ClFN3O3. The van der Waals surface area contributed by atoms with Crippen molar-refractivity contribution in [2.45, 2.75) is 32.0 Å². The quantitative estimate of drug-likeness (QED) is 0.772. The number of carbonyl (C=O) groups is 3. The Bertz CT molecular complexity index is 665. The molecular weight excluding hydrogens is 313 g/mol. The Kier molecular flexibility index (Phi) is 4.48. The minimum absolute atomic E-state index is 0. The summed E-state index contributed by atoms with van der Waals surface area (Å²) in [6.07, 6.45) is 0.433. The van der Waals surface area contributed by atoms with Crippen molar-refractivity contribution >= 4 is 30.1 Å². The highest BCUT2D eigenvalue weighted by atomic mass is 35.5. The second-order valence-corrected chi connectivity index (χ2v) is 5.17. The monoisotopic (exact) mass is 327 g/mol. The van der Waals surface area contributed by atoms with Crippen LogP contribution in [-0.2, 0) is 22.7 Å². The normalized spacial score (nSPS) is 20.5. The van der Waals surface area contributed by atoms with Crippen molar-refractivity contribution in [3.8, 4) is 0 Å². The van der Waals surface area contributed by atoms with Gasteiger partial charge in [0, 0.05) is 29.7 Å². The number of benzene rings is 1. The van der Waals surface area contributed by atoms with E-state index in [2.05, 4.69) is 5.32 Å². The van der Waals surface area contributed by atoms with Gasteiger partial charge in [-0.1, -0.05) is 6.07 Å². The van der Waals surface area contributed by atoms with E-state index in [-0.39, 0.29) is 61.3 Å². The second-order valence-electron chi connectivity index (χ2n) is 5.17. The van der Waals surface area contributed by atoms with Crippen LogP contribution in [0.3, 0.4) is 0 Å². The zero-order valence-corrected chi connectivity index (χ0v) is 12.4. The van der Waals surface area contributed by atoms with Crippen molar-refractivity contribution in [3.05, 3.63) is 34.6 Å². The summed E-state index contributed by atoms with van der Waals surface area (Å²) in [7, 11) is 0. The molecule has 1 fully saturated rings. The highest BCUT2D eigenvalue weighted by molar-refractivity contribution is 6.05. The average molecular weight is 328 g/mol. The maximum Gasteiger partial charge on any atom is 0.255 e. The van der Waals surface area contributed by atoms with Crippen molar-refractivity contribution in [1.82, 2.24) is 10.2 Å². The average Bonchev–Trinajstić information content (AvgIpc) is 2.78. The van der Waals surface area contributed by atoms with E-state index < -0.39 is 17.8 Å². The highest BCUT2D eigenvalue weighted by Crippen LogP contribution is 2.30. The topological polar surface area (TPSA) is 92.5 Å². The molecule has 22 heavy (non-hydrogen) atoms. The third-order valence-electron chi connectivity index (χ3n) is 3.95. The molecule has 0 spiro atoms. The summed E-state index contributed by atoms with van der Waals surface area (Å²) in [5.41, 5.74) is 6.32.